The van der Waals surface area contributed by atoms with Gasteiger partial charge in [0.15, 0.2) is 0 Å². The van der Waals surface area contributed by atoms with Gasteiger partial charge in [0.05, 0.1) is 18.4 Å². The van der Waals surface area contributed by atoms with Crippen LogP contribution >= 0.6 is 11.6 Å². The number of hydrogen-bond acceptors (Lipinski definition) is 3. The second kappa shape index (κ2) is 6.16. The maximum absolute atomic E-state index is 13.1. The second-order valence-corrected chi connectivity index (χ2v) is 4.82. The van der Waals surface area contributed by atoms with Crippen molar-refractivity contribution >= 4 is 17.3 Å². The van der Waals surface area contributed by atoms with Gasteiger partial charge < -0.3 is 9.94 Å². The summed E-state index contributed by atoms with van der Waals surface area (Å²) in [5.41, 5.74) is 1.48. The molecule has 0 heterocycles. The Morgan fingerprint density at radius 3 is 2.78 bits per heavy atom. The molecule has 1 N–H and O–H groups in total. The number of benzene rings is 1. The number of oxime groups is 1. The van der Waals surface area contributed by atoms with E-state index in [1.54, 1.807) is 0 Å². The van der Waals surface area contributed by atoms with E-state index in [0.717, 1.165) is 31.4 Å². The lowest BCUT2D eigenvalue weighted by molar-refractivity contribution is 0.0276. The summed E-state index contributed by atoms with van der Waals surface area (Å²) >= 11 is 5.96. The fourth-order valence-corrected chi connectivity index (χ4v) is 2.22. The minimum Gasteiger partial charge on any atom is -0.411 e. The van der Waals surface area contributed by atoms with Crippen LogP contribution in [-0.4, -0.2) is 17.0 Å². The summed E-state index contributed by atoms with van der Waals surface area (Å²) in [5, 5.41) is 12.4. The molecule has 3 nitrogen and oxygen atoms in total. The molecule has 0 bridgehead atoms. The van der Waals surface area contributed by atoms with Gasteiger partial charge in [0, 0.05) is 5.02 Å². The van der Waals surface area contributed by atoms with Crippen LogP contribution in [0, 0.1) is 5.82 Å². The topological polar surface area (TPSA) is 41.8 Å². The van der Waals surface area contributed by atoms with Gasteiger partial charge in [-0.05, 0) is 49.4 Å². The predicted molar refractivity (Wildman–Crippen MR) is 67.7 cm³/mol. The van der Waals surface area contributed by atoms with Crippen LogP contribution in [-0.2, 0) is 11.3 Å². The largest absolute Gasteiger partial charge is 0.411 e. The first-order valence-electron chi connectivity index (χ1n) is 5.94. The van der Waals surface area contributed by atoms with Crippen LogP contribution in [0.15, 0.2) is 23.4 Å². The molecule has 18 heavy (non-hydrogen) atoms. The van der Waals surface area contributed by atoms with Gasteiger partial charge >= 0.3 is 0 Å². The molecule has 0 amide bonds. The van der Waals surface area contributed by atoms with Gasteiger partial charge in [-0.2, -0.15) is 0 Å². The van der Waals surface area contributed by atoms with Gasteiger partial charge in [-0.15, -0.1) is 0 Å². The Labute approximate surface area is 110 Å². The molecule has 1 aliphatic carbocycles. The summed E-state index contributed by atoms with van der Waals surface area (Å²) < 4.78 is 18.8. The first-order valence-corrected chi connectivity index (χ1v) is 6.32. The van der Waals surface area contributed by atoms with Crippen LogP contribution in [0.4, 0.5) is 4.39 Å². The lowest BCUT2D eigenvalue weighted by atomic mass is 9.96. The van der Waals surface area contributed by atoms with Gasteiger partial charge in [0.1, 0.15) is 5.82 Å². The molecule has 1 aliphatic rings. The highest BCUT2D eigenvalue weighted by atomic mass is 35.5. The Hall–Kier alpha value is -1.13. The van der Waals surface area contributed by atoms with Crippen molar-refractivity contribution in [2.24, 2.45) is 5.16 Å². The third-order valence-electron chi connectivity index (χ3n) is 3.13. The summed E-state index contributed by atoms with van der Waals surface area (Å²) in [7, 11) is 0. The van der Waals surface area contributed by atoms with Crippen molar-refractivity contribution in [1.29, 1.82) is 0 Å². The van der Waals surface area contributed by atoms with Crippen molar-refractivity contribution in [3.05, 3.63) is 34.6 Å². The zero-order valence-electron chi connectivity index (χ0n) is 9.90. The fraction of sp³-hybridized carbons (Fsp3) is 0.462. The molecule has 1 fully saturated rings. The lowest BCUT2D eigenvalue weighted by Gasteiger charge is -2.22. The summed E-state index contributed by atoms with van der Waals surface area (Å²) in [6.07, 6.45) is 3.27. The average Bonchev–Trinajstić information content (AvgIpc) is 2.40. The van der Waals surface area contributed by atoms with Crippen LogP contribution in [0.2, 0.25) is 5.02 Å². The van der Waals surface area contributed by atoms with E-state index in [2.05, 4.69) is 5.16 Å². The molecule has 2 rings (SSSR count). The minimum atomic E-state index is -0.309. The maximum atomic E-state index is 13.1. The summed E-state index contributed by atoms with van der Waals surface area (Å²) in [5.74, 6) is -0.309. The molecule has 5 heteroatoms. The highest BCUT2D eigenvalue weighted by Crippen LogP contribution is 2.23. The molecule has 98 valence electrons. The minimum absolute atomic E-state index is 0.120. The van der Waals surface area contributed by atoms with Crippen LogP contribution in [0.3, 0.4) is 0 Å². The average molecular weight is 272 g/mol. The number of nitrogens with zero attached hydrogens (tertiary/aromatic N) is 1. The van der Waals surface area contributed by atoms with E-state index in [1.165, 1.54) is 18.2 Å². The van der Waals surface area contributed by atoms with E-state index in [-0.39, 0.29) is 11.9 Å². The highest BCUT2D eigenvalue weighted by Gasteiger charge is 2.18. The molecule has 0 unspecified atom stereocenters. The van der Waals surface area contributed by atoms with E-state index < -0.39 is 0 Å². The maximum Gasteiger partial charge on any atom is 0.123 e. The Bertz CT molecular complexity index is 441. The SMILES string of the molecule is ON=C1CCC(OCc2cc(F)ccc2Cl)CC1. The van der Waals surface area contributed by atoms with Crippen LogP contribution in [0.1, 0.15) is 31.2 Å². The van der Waals surface area contributed by atoms with Crippen molar-refractivity contribution in [3.63, 3.8) is 0 Å². The van der Waals surface area contributed by atoms with Crippen molar-refractivity contribution in [1.82, 2.24) is 0 Å². The van der Waals surface area contributed by atoms with E-state index >= 15 is 0 Å². The van der Waals surface area contributed by atoms with Gasteiger partial charge in [-0.1, -0.05) is 16.8 Å². The third-order valence-corrected chi connectivity index (χ3v) is 3.50. The third kappa shape index (κ3) is 3.43. The van der Waals surface area contributed by atoms with Crippen molar-refractivity contribution in [2.45, 2.75) is 38.4 Å². The molecule has 0 aliphatic heterocycles. The molecule has 1 saturated carbocycles. The molecular formula is C13H15ClFNO2. The zero-order valence-corrected chi connectivity index (χ0v) is 10.7. The van der Waals surface area contributed by atoms with E-state index in [0.29, 0.717) is 17.2 Å². The predicted octanol–water partition coefficient (Wildman–Crippen LogP) is 3.77. The van der Waals surface area contributed by atoms with Gasteiger partial charge in [-0.3, -0.25) is 0 Å². The standard InChI is InChI=1S/C13H15ClFNO2/c14-13-6-1-10(15)7-9(13)8-18-12-4-2-11(16-17)3-5-12/h1,6-7,12,17H,2-5,8H2. The first-order chi connectivity index (χ1) is 8.69. The fourth-order valence-electron chi connectivity index (χ4n) is 2.05. The number of hydrogen-bond donors (Lipinski definition) is 1. The Morgan fingerprint density at radius 1 is 1.39 bits per heavy atom. The number of halogens is 2. The molecule has 0 radical (unpaired) electrons. The molecule has 0 saturated heterocycles. The molecule has 0 aromatic heterocycles. The van der Waals surface area contributed by atoms with Crippen molar-refractivity contribution in [3.8, 4) is 0 Å². The summed E-state index contributed by atoms with van der Waals surface area (Å²) in [6.45, 7) is 0.312. The molecule has 0 spiro atoms. The van der Waals surface area contributed by atoms with E-state index in [4.69, 9.17) is 21.5 Å². The van der Waals surface area contributed by atoms with Gasteiger partial charge in [0.2, 0.25) is 0 Å². The quantitative estimate of drug-likeness (QED) is 0.672. The van der Waals surface area contributed by atoms with Crippen LogP contribution < -0.4 is 0 Å². The molecule has 0 atom stereocenters. The zero-order chi connectivity index (χ0) is 13.0. The number of ether oxygens (including phenoxy) is 1. The summed E-state index contributed by atoms with van der Waals surface area (Å²) in [4.78, 5) is 0. The Balaban J connectivity index is 1.87. The smallest absolute Gasteiger partial charge is 0.123 e. The highest BCUT2D eigenvalue weighted by molar-refractivity contribution is 6.31. The normalized spacial score (nSPS) is 19.9. The van der Waals surface area contributed by atoms with Crippen LogP contribution in [0.25, 0.3) is 0 Å². The lowest BCUT2D eigenvalue weighted by Crippen LogP contribution is -2.21. The van der Waals surface area contributed by atoms with Gasteiger partial charge in [0.25, 0.3) is 0 Å². The first kappa shape index (κ1) is 13.3. The Morgan fingerprint density at radius 2 is 2.11 bits per heavy atom. The Kier molecular flexibility index (Phi) is 4.55. The second-order valence-electron chi connectivity index (χ2n) is 4.41. The number of rotatable bonds is 3. The van der Waals surface area contributed by atoms with Crippen molar-refractivity contribution in [2.75, 3.05) is 0 Å². The molecular weight excluding hydrogens is 257 g/mol. The van der Waals surface area contributed by atoms with Gasteiger partial charge in [-0.25, -0.2) is 4.39 Å². The molecule has 1 aromatic carbocycles. The van der Waals surface area contributed by atoms with E-state index in [9.17, 15) is 4.39 Å². The summed E-state index contributed by atoms with van der Waals surface area (Å²) in [6, 6.07) is 4.26. The molecule has 1 aromatic rings. The van der Waals surface area contributed by atoms with E-state index in [1.807, 2.05) is 0 Å². The van der Waals surface area contributed by atoms with Crippen LogP contribution in [0.5, 0.6) is 0 Å². The van der Waals surface area contributed by atoms with Crippen molar-refractivity contribution < 1.29 is 14.3 Å². The monoisotopic (exact) mass is 271 g/mol.